The Morgan fingerprint density at radius 1 is 1.03 bits per heavy atom. The van der Waals surface area contributed by atoms with Gasteiger partial charge in [0, 0.05) is 16.1 Å². The molecule has 1 heterocycles. The molecule has 0 spiro atoms. The number of hydrogen-bond donors (Lipinski definition) is 2. The lowest BCUT2D eigenvalue weighted by Gasteiger charge is -2.10. The van der Waals surface area contributed by atoms with E-state index in [0.717, 1.165) is 4.88 Å². The second-order valence-corrected chi connectivity index (χ2v) is 9.46. The molecule has 0 saturated carbocycles. The molecule has 2 aromatic carbocycles. The second-order valence-electron chi connectivity index (χ2n) is 5.98. The highest BCUT2D eigenvalue weighted by Crippen LogP contribution is 2.22. The standard InChI is InChI=1S/C20H19ClN2O4S2/c1-2-27-16-7-5-15(6-8-16)23-29(25,26)18-10-3-14(4-11-18)20(24)22-13-17-9-12-19(21)28-17/h3-12,23H,2,13H2,1H3,(H,22,24). The molecule has 1 amide bonds. The molecule has 0 aliphatic heterocycles. The van der Waals surface area contributed by atoms with Crippen molar-refractivity contribution in [3.05, 3.63) is 75.4 Å². The average molecular weight is 451 g/mol. The highest BCUT2D eigenvalue weighted by atomic mass is 35.5. The number of carbonyl (C=O) groups is 1. The van der Waals surface area contributed by atoms with Crippen LogP contribution in [0.2, 0.25) is 4.34 Å². The van der Waals surface area contributed by atoms with Gasteiger partial charge in [0.15, 0.2) is 0 Å². The number of sulfonamides is 1. The van der Waals surface area contributed by atoms with E-state index < -0.39 is 10.0 Å². The van der Waals surface area contributed by atoms with Crippen LogP contribution < -0.4 is 14.8 Å². The first kappa shape index (κ1) is 21.2. The number of ether oxygens (including phenoxy) is 1. The van der Waals surface area contributed by atoms with Crippen LogP contribution in [-0.2, 0) is 16.6 Å². The minimum absolute atomic E-state index is 0.0629. The molecular weight excluding hydrogens is 432 g/mol. The van der Waals surface area contributed by atoms with E-state index in [4.69, 9.17) is 16.3 Å². The molecule has 152 valence electrons. The summed E-state index contributed by atoms with van der Waals surface area (Å²) in [6, 6.07) is 16.0. The molecule has 0 aliphatic rings. The van der Waals surface area contributed by atoms with Gasteiger partial charge in [0.2, 0.25) is 0 Å². The van der Waals surface area contributed by atoms with Gasteiger partial charge >= 0.3 is 0 Å². The molecule has 29 heavy (non-hydrogen) atoms. The van der Waals surface area contributed by atoms with Gasteiger partial charge in [-0.3, -0.25) is 9.52 Å². The Morgan fingerprint density at radius 3 is 2.31 bits per heavy atom. The van der Waals surface area contributed by atoms with Crippen LogP contribution in [0, 0.1) is 0 Å². The minimum Gasteiger partial charge on any atom is -0.494 e. The summed E-state index contributed by atoms with van der Waals surface area (Å²) in [7, 11) is -3.77. The Labute approximate surface area is 178 Å². The van der Waals surface area contributed by atoms with E-state index in [2.05, 4.69) is 10.0 Å². The third-order valence-electron chi connectivity index (χ3n) is 3.90. The van der Waals surface area contributed by atoms with Crippen molar-refractivity contribution in [3.8, 4) is 5.75 Å². The van der Waals surface area contributed by atoms with Gasteiger partial charge in [-0.2, -0.15) is 0 Å². The van der Waals surface area contributed by atoms with Crippen molar-refractivity contribution < 1.29 is 17.9 Å². The summed E-state index contributed by atoms with van der Waals surface area (Å²) in [5.41, 5.74) is 0.789. The van der Waals surface area contributed by atoms with Crippen molar-refractivity contribution in [1.82, 2.24) is 5.32 Å². The zero-order valence-electron chi connectivity index (χ0n) is 15.5. The van der Waals surface area contributed by atoms with E-state index in [1.165, 1.54) is 35.6 Å². The maximum atomic E-state index is 12.6. The summed E-state index contributed by atoms with van der Waals surface area (Å²) in [6.07, 6.45) is 0. The lowest BCUT2D eigenvalue weighted by atomic mass is 10.2. The third-order valence-corrected chi connectivity index (χ3v) is 6.52. The van der Waals surface area contributed by atoms with E-state index in [0.29, 0.717) is 34.5 Å². The van der Waals surface area contributed by atoms with Crippen molar-refractivity contribution in [2.24, 2.45) is 0 Å². The van der Waals surface area contributed by atoms with Gasteiger partial charge in [0.05, 0.1) is 22.4 Å². The molecule has 9 heteroatoms. The number of thiophene rings is 1. The summed E-state index contributed by atoms with van der Waals surface area (Å²) in [5.74, 6) is 0.369. The predicted octanol–water partition coefficient (Wildman–Crippen LogP) is 4.53. The molecule has 3 aromatic rings. The number of amides is 1. The zero-order chi connectivity index (χ0) is 20.9. The fraction of sp³-hybridized carbons (Fsp3) is 0.150. The lowest BCUT2D eigenvalue weighted by Crippen LogP contribution is -2.22. The highest BCUT2D eigenvalue weighted by Gasteiger charge is 2.15. The zero-order valence-corrected chi connectivity index (χ0v) is 17.9. The number of anilines is 1. The molecule has 6 nitrogen and oxygen atoms in total. The first-order chi connectivity index (χ1) is 13.9. The van der Waals surface area contributed by atoms with Crippen molar-refractivity contribution in [2.75, 3.05) is 11.3 Å². The van der Waals surface area contributed by atoms with Crippen LogP contribution in [0.4, 0.5) is 5.69 Å². The fourth-order valence-electron chi connectivity index (χ4n) is 2.50. The molecular formula is C20H19ClN2O4S2. The van der Waals surface area contributed by atoms with Crippen LogP contribution in [-0.4, -0.2) is 20.9 Å². The van der Waals surface area contributed by atoms with Gasteiger partial charge in [0.1, 0.15) is 5.75 Å². The quantitative estimate of drug-likeness (QED) is 0.528. The largest absolute Gasteiger partial charge is 0.494 e. The molecule has 0 aliphatic carbocycles. The molecule has 0 saturated heterocycles. The van der Waals surface area contributed by atoms with E-state index >= 15 is 0 Å². The monoisotopic (exact) mass is 450 g/mol. The summed E-state index contributed by atoms with van der Waals surface area (Å²) in [4.78, 5) is 13.2. The Hall–Kier alpha value is -2.55. The van der Waals surface area contributed by atoms with Crippen molar-refractivity contribution in [2.45, 2.75) is 18.4 Å². The van der Waals surface area contributed by atoms with Gasteiger partial charge in [-0.1, -0.05) is 11.6 Å². The number of rotatable bonds is 8. The SMILES string of the molecule is CCOc1ccc(NS(=O)(=O)c2ccc(C(=O)NCc3ccc(Cl)s3)cc2)cc1. The van der Waals surface area contributed by atoms with Gasteiger partial charge < -0.3 is 10.1 Å². The predicted molar refractivity (Wildman–Crippen MR) is 115 cm³/mol. The smallest absolute Gasteiger partial charge is 0.261 e. The number of halogens is 1. The summed E-state index contributed by atoms with van der Waals surface area (Å²) >= 11 is 7.26. The van der Waals surface area contributed by atoms with Gasteiger partial charge in [0.25, 0.3) is 15.9 Å². The van der Waals surface area contributed by atoms with E-state index in [1.807, 2.05) is 13.0 Å². The van der Waals surface area contributed by atoms with Gasteiger partial charge in [-0.25, -0.2) is 8.42 Å². The number of hydrogen-bond acceptors (Lipinski definition) is 5. The number of nitrogens with one attached hydrogen (secondary N) is 2. The molecule has 1 aromatic heterocycles. The highest BCUT2D eigenvalue weighted by molar-refractivity contribution is 7.92. The third kappa shape index (κ3) is 5.72. The van der Waals surface area contributed by atoms with Crippen LogP contribution in [0.5, 0.6) is 5.75 Å². The van der Waals surface area contributed by atoms with Crippen molar-refractivity contribution in [1.29, 1.82) is 0 Å². The van der Waals surface area contributed by atoms with E-state index in [1.54, 1.807) is 30.3 Å². The summed E-state index contributed by atoms with van der Waals surface area (Å²) in [6.45, 7) is 2.76. The fourth-order valence-corrected chi connectivity index (χ4v) is 4.59. The van der Waals surface area contributed by atoms with Crippen LogP contribution >= 0.6 is 22.9 Å². The Bertz CT molecular complexity index is 1080. The molecule has 2 N–H and O–H groups in total. The van der Waals surface area contributed by atoms with Crippen LogP contribution in [0.1, 0.15) is 22.2 Å². The molecule has 3 rings (SSSR count). The number of benzene rings is 2. The molecule has 0 fully saturated rings. The van der Waals surface area contributed by atoms with Crippen LogP contribution in [0.25, 0.3) is 0 Å². The van der Waals surface area contributed by atoms with E-state index in [9.17, 15) is 13.2 Å². The topological polar surface area (TPSA) is 84.5 Å². The van der Waals surface area contributed by atoms with Crippen LogP contribution in [0.3, 0.4) is 0 Å². The Kier molecular flexibility index (Phi) is 6.79. The van der Waals surface area contributed by atoms with Gasteiger partial charge in [-0.05, 0) is 67.6 Å². The Morgan fingerprint density at radius 2 is 1.72 bits per heavy atom. The maximum Gasteiger partial charge on any atom is 0.261 e. The summed E-state index contributed by atoms with van der Waals surface area (Å²) in [5, 5.41) is 2.78. The lowest BCUT2D eigenvalue weighted by molar-refractivity contribution is 0.0951. The minimum atomic E-state index is -3.77. The van der Waals surface area contributed by atoms with E-state index in [-0.39, 0.29) is 10.8 Å². The number of carbonyl (C=O) groups excluding carboxylic acids is 1. The van der Waals surface area contributed by atoms with Crippen LogP contribution in [0.15, 0.2) is 65.6 Å². The normalized spacial score (nSPS) is 11.1. The Balaban J connectivity index is 1.63. The average Bonchev–Trinajstić information content (AvgIpc) is 3.13. The first-order valence-corrected chi connectivity index (χ1v) is 11.4. The summed E-state index contributed by atoms with van der Waals surface area (Å²) < 4.78 is 33.6. The molecule has 0 unspecified atom stereocenters. The van der Waals surface area contributed by atoms with Crippen molar-refractivity contribution in [3.63, 3.8) is 0 Å². The first-order valence-electron chi connectivity index (χ1n) is 8.75. The second kappa shape index (κ2) is 9.30. The molecule has 0 bridgehead atoms. The van der Waals surface area contributed by atoms with Gasteiger partial charge in [-0.15, -0.1) is 11.3 Å². The maximum absolute atomic E-state index is 12.6. The molecule has 0 radical (unpaired) electrons. The van der Waals surface area contributed by atoms with Crippen molar-refractivity contribution >= 4 is 44.6 Å². The molecule has 0 atom stereocenters.